The summed E-state index contributed by atoms with van der Waals surface area (Å²) in [6.45, 7) is 7.50. The van der Waals surface area contributed by atoms with Crippen LogP contribution >= 0.6 is 15.9 Å². The van der Waals surface area contributed by atoms with E-state index in [1.807, 2.05) is 32.2 Å². The van der Waals surface area contributed by atoms with E-state index in [0.29, 0.717) is 12.2 Å². The van der Waals surface area contributed by atoms with Crippen molar-refractivity contribution in [3.63, 3.8) is 0 Å². The van der Waals surface area contributed by atoms with E-state index in [0.717, 1.165) is 46.8 Å². The Morgan fingerprint density at radius 3 is 2.75 bits per heavy atom. The highest BCUT2D eigenvalue weighted by atomic mass is 79.9. The number of aryl methyl sites for hydroxylation is 1. The van der Waals surface area contributed by atoms with Gasteiger partial charge in [0.25, 0.3) is 5.91 Å². The second kappa shape index (κ2) is 9.39. The number of hydrogen-bond donors (Lipinski definition) is 1. The van der Waals surface area contributed by atoms with Crippen molar-refractivity contribution in [2.24, 2.45) is 7.05 Å². The smallest absolute Gasteiger partial charge is 0.250 e. The molecule has 28 heavy (non-hydrogen) atoms. The molecule has 2 aromatic rings. The number of rotatable bonds is 7. The molecule has 1 aliphatic heterocycles. The maximum Gasteiger partial charge on any atom is 0.250 e. The summed E-state index contributed by atoms with van der Waals surface area (Å²) in [5.41, 5.74) is 3.20. The molecule has 1 amide bonds. The Hall–Kier alpha value is -2.12. The van der Waals surface area contributed by atoms with Gasteiger partial charge in [-0.1, -0.05) is 6.08 Å². The van der Waals surface area contributed by atoms with Crippen LogP contribution in [0.1, 0.15) is 26.7 Å². The summed E-state index contributed by atoms with van der Waals surface area (Å²) in [5.74, 6) is 0.671. The molecule has 0 atom stereocenters. The Morgan fingerprint density at radius 2 is 2.11 bits per heavy atom. The predicted molar refractivity (Wildman–Crippen MR) is 116 cm³/mol. The first kappa shape index (κ1) is 20.6. The zero-order valence-electron chi connectivity index (χ0n) is 16.7. The molecule has 3 rings (SSSR count). The lowest BCUT2D eigenvalue weighted by atomic mass is 10.1. The lowest BCUT2D eigenvalue weighted by Crippen LogP contribution is -2.25. The second-order valence-corrected chi connectivity index (χ2v) is 7.85. The molecule has 0 radical (unpaired) electrons. The largest absolute Gasteiger partial charge is 0.492 e. The predicted octanol–water partition coefficient (Wildman–Crippen LogP) is 4.23. The van der Waals surface area contributed by atoms with Gasteiger partial charge in [-0.05, 0) is 73.9 Å². The molecule has 0 aliphatic carbocycles. The molecule has 150 valence electrons. The number of aromatic nitrogens is 2. The van der Waals surface area contributed by atoms with Crippen molar-refractivity contribution >= 4 is 27.5 Å². The second-order valence-electron chi connectivity index (χ2n) is 7.00. The van der Waals surface area contributed by atoms with E-state index in [2.05, 4.69) is 31.2 Å². The Bertz CT molecular complexity index is 850. The van der Waals surface area contributed by atoms with Gasteiger partial charge in [-0.25, -0.2) is 0 Å². The number of allylic oxidation sites excluding steroid dienone is 1. The molecular weight excluding hydrogens is 420 g/mol. The number of ether oxygens (including phenoxy) is 1. The van der Waals surface area contributed by atoms with Crippen LogP contribution in [0.3, 0.4) is 0 Å². The molecule has 7 heteroatoms. The van der Waals surface area contributed by atoms with Gasteiger partial charge in [0, 0.05) is 30.4 Å². The molecule has 2 heterocycles. The van der Waals surface area contributed by atoms with E-state index in [1.54, 1.807) is 23.9 Å². The van der Waals surface area contributed by atoms with Gasteiger partial charge in [-0.15, -0.1) is 0 Å². The molecule has 1 aromatic heterocycles. The zero-order chi connectivity index (χ0) is 20.1. The van der Waals surface area contributed by atoms with Crippen molar-refractivity contribution in [1.29, 1.82) is 0 Å². The van der Waals surface area contributed by atoms with Gasteiger partial charge in [-0.3, -0.25) is 14.4 Å². The van der Waals surface area contributed by atoms with Crippen molar-refractivity contribution in [3.05, 3.63) is 40.5 Å². The zero-order valence-corrected chi connectivity index (χ0v) is 18.3. The Kier molecular flexibility index (Phi) is 6.91. The van der Waals surface area contributed by atoms with E-state index >= 15 is 0 Å². The third-order valence-corrected chi connectivity index (χ3v) is 5.62. The van der Waals surface area contributed by atoms with Crippen LogP contribution in [-0.2, 0) is 11.8 Å². The van der Waals surface area contributed by atoms with Crippen LogP contribution in [0.15, 0.2) is 40.5 Å². The summed E-state index contributed by atoms with van der Waals surface area (Å²) in [6, 6.07) is 5.73. The molecule has 0 unspecified atom stereocenters. The molecular formula is C21H27BrN4O2. The molecule has 0 bridgehead atoms. The van der Waals surface area contributed by atoms with Gasteiger partial charge >= 0.3 is 0 Å². The fourth-order valence-corrected chi connectivity index (χ4v) is 3.85. The summed E-state index contributed by atoms with van der Waals surface area (Å²) in [6.07, 6.45) is 6.10. The Labute approximate surface area is 174 Å². The monoisotopic (exact) mass is 446 g/mol. The number of anilines is 1. The first-order valence-corrected chi connectivity index (χ1v) is 10.4. The minimum absolute atomic E-state index is 0.111. The van der Waals surface area contributed by atoms with Gasteiger partial charge < -0.3 is 10.1 Å². The summed E-state index contributed by atoms with van der Waals surface area (Å²) in [7, 11) is 1.89. The molecule has 6 nitrogen and oxygen atoms in total. The van der Waals surface area contributed by atoms with Crippen LogP contribution in [0.4, 0.5) is 5.69 Å². The van der Waals surface area contributed by atoms with Crippen LogP contribution < -0.4 is 10.1 Å². The number of carbonyl (C=O) groups excluding carboxylic acids is 1. The van der Waals surface area contributed by atoms with Crippen LogP contribution in [0, 0.1) is 0 Å². The number of benzene rings is 1. The van der Waals surface area contributed by atoms with E-state index in [1.165, 1.54) is 12.8 Å². The molecule has 1 fully saturated rings. The average Bonchev–Trinajstić information content (AvgIpc) is 3.32. The number of halogens is 1. The summed E-state index contributed by atoms with van der Waals surface area (Å²) < 4.78 is 8.82. The quantitative estimate of drug-likeness (QED) is 0.646. The maximum atomic E-state index is 12.2. The van der Waals surface area contributed by atoms with Gasteiger partial charge in [0.2, 0.25) is 0 Å². The normalized spacial score (nSPS) is 15.1. The Morgan fingerprint density at radius 1 is 1.36 bits per heavy atom. The van der Waals surface area contributed by atoms with E-state index in [-0.39, 0.29) is 5.91 Å². The van der Waals surface area contributed by atoms with Crippen molar-refractivity contribution in [1.82, 2.24) is 14.7 Å². The third-order valence-electron chi connectivity index (χ3n) is 5.04. The highest BCUT2D eigenvalue weighted by molar-refractivity contribution is 9.10. The van der Waals surface area contributed by atoms with E-state index < -0.39 is 0 Å². The molecule has 0 spiro atoms. The summed E-state index contributed by atoms with van der Waals surface area (Å²) in [4.78, 5) is 14.7. The molecule has 1 saturated heterocycles. The van der Waals surface area contributed by atoms with Crippen LogP contribution in [-0.4, -0.2) is 46.8 Å². The van der Waals surface area contributed by atoms with E-state index in [4.69, 9.17) is 4.74 Å². The standard InChI is InChI=1S/C21H27BrN4O2/c1-4-15(2)21(27)24-16-7-8-19(28-12-11-26-9-5-6-10-26)17(13-16)20-18(22)14-23-25(20)3/h4,7-8,13-14H,5-6,9-12H2,1-3H3,(H,24,27). The topological polar surface area (TPSA) is 59.4 Å². The minimum atomic E-state index is -0.111. The van der Waals surface area contributed by atoms with Crippen molar-refractivity contribution < 1.29 is 9.53 Å². The fraction of sp³-hybridized carbons (Fsp3) is 0.429. The minimum Gasteiger partial charge on any atom is -0.492 e. The summed E-state index contributed by atoms with van der Waals surface area (Å²) >= 11 is 3.58. The molecule has 1 aliphatic rings. The number of carbonyl (C=O) groups is 1. The van der Waals surface area contributed by atoms with Gasteiger partial charge in [0.05, 0.1) is 16.4 Å². The first-order valence-electron chi connectivity index (χ1n) is 9.61. The number of amides is 1. The first-order chi connectivity index (χ1) is 13.5. The molecule has 1 N–H and O–H groups in total. The summed E-state index contributed by atoms with van der Waals surface area (Å²) in [5, 5.41) is 7.26. The fourth-order valence-electron chi connectivity index (χ4n) is 3.28. The lowest BCUT2D eigenvalue weighted by molar-refractivity contribution is -0.112. The third kappa shape index (κ3) is 4.83. The lowest BCUT2D eigenvalue weighted by Gasteiger charge is -2.18. The van der Waals surface area contributed by atoms with Crippen LogP contribution in [0.25, 0.3) is 11.3 Å². The van der Waals surface area contributed by atoms with Crippen LogP contribution in [0.5, 0.6) is 5.75 Å². The molecule has 0 saturated carbocycles. The van der Waals surface area contributed by atoms with Crippen molar-refractivity contribution in [2.45, 2.75) is 26.7 Å². The van der Waals surface area contributed by atoms with Gasteiger partial charge in [0.15, 0.2) is 0 Å². The average molecular weight is 447 g/mol. The van der Waals surface area contributed by atoms with Crippen molar-refractivity contribution in [3.8, 4) is 17.0 Å². The maximum absolute atomic E-state index is 12.2. The number of hydrogen-bond acceptors (Lipinski definition) is 4. The SMILES string of the molecule is CC=C(C)C(=O)Nc1ccc(OCCN2CCCC2)c(-c2c(Br)cnn2C)c1. The highest BCUT2D eigenvalue weighted by Gasteiger charge is 2.17. The number of nitrogens with one attached hydrogen (secondary N) is 1. The number of nitrogens with zero attached hydrogens (tertiary/aromatic N) is 3. The van der Waals surface area contributed by atoms with E-state index in [9.17, 15) is 4.79 Å². The Balaban J connectivity index is 1.84. The molecule has 1 aromatic carbocycles. The van der Waals surface area contributed by atoms with Crippen molar-refractivity contribution in [2.75, 3.05) is 31.6 Å². The van der Waals surface area contributed by atoms with Gasteiger partial charge in [0.1, 0.15) is 12.4 Å². The number of likely N-dealkylation sites (tertiary alicyclic amines) is 1. The highest BCUT2D eigenvalue weighted by Crippen LogP contribution is 2.36. The van der Waals surface area contributed by atoms with Gasteiger partial charge in [-0.2, -0.15) is 5.10 Å². The van der Waals surface area contributed by atoms with Crippen LogP contribution in [0.2, 0.25) is 0 Å².